The number of fused-ring (bicyclic) bond motifs is 1. The first-order valence-corrected chi connectivity index (χ1v) is 11.0. The molecule has 2 amide bonds. The third-order valence-electron chi connectivity index (χ3n) is 5.54. The van der Waals surface area contributed by atoms with Crippen LogP contribution in [0.25, 0.3) is 0 Å². The molecule has 1 aliphatic carbocycles. The van der Waals surface area contributed by atoms with E-state index in [-0.39, 0.29) is 16.4 Å². The number of nitrogens with one attached hydrogen (secondary N) is 2. The highest BCUT2D eigenvalue weighted by Gasteiger charge is 2.33. The fourth-order valence-corrected chi connectivity index (χ4v) is 5.32. The van der Waals surface area contributed by atoms with Crippen molar-refractivity contribution in [3.05, 3.63) is 45.8 Å². The second kappa shape index (κ2) is 8.73. The molecule has 0 saturated heterocycles. The van der Waals surface area contributed by atoms with E-state index in [2.05, 4.69) is 31.4 Å². The minimum Gasteiger partial charge on any atom is -0.497 e. The molecule has 1 atom stereocenters. The van der Waals surface area contributed by atoms with Crippen molar-refractivity contribution in [2.75, 3.05) is 12.4 Å². The fourth-order valence-electron chi connectivity index (χ4n) is 3.73. The summed E-state index contributed by atoms with van der Waals surface area (Å²) in [6.07, 6.45) is 2.75. The van der Waals surface area contributed by atoms with E-state index in [1.807, 2.05) is 0 Å². The highest BCUT2D eigenvalue weighted by Crippen LogP contribution is 2.44. The van der Waals surface area contributed by atoms with Gasteiger partial charge in [0.15, 0.2) is 5.11 Å². The molecule has 0 bridgehead atoms. The second-order valence-electron chi connectivity index (χ2n) is 8.51. The maximum absolute atomic E-state index is 12.4. The van der Waals surface area contributed by atoms with Gasteiger partial charge in [0.2, 0.25) is 0 Å². The van der Waals surface area contributed by atoms with Crippen LogP contribution in [-0.2, 0) is 12.8 Å². The van der Waals surface area contributed by atoms with Gasteiger partial charge in [-0.05, 0) is 72.6 Å². The fraction of sp³-hybridized carbons (Fsp3) is 0.409. The summed E-state index contributed by atoms with van der Waals surface area (Å²) in [4.78, 5) is 25.8. The average molecular weight is 446 g/mol. The normalized spacial score (nSPS) is 15.8. The number of anilines is 1. The first-order chi connectivity index (χ1) is 14.1. The zero-order valence-electron chi connectivity index (χ0n) is 17.6. The van der Waals surface area contributed by atoms with Gasteiger partial charge in [-0.2, -0.15) is 0 Å². The van der Waals surface area contributed by atoms with E-state index >= 15 is 0 Å². The van der Waals surface area contributed by atoms with Gasteiger partial charge in [-0.1, -0.05) is 20.8 Å². The predicted molar refractivity (Wildman–Crippen MR) is 124 cm³/mol. The molecular weight excluding hydrogens is 418 g/mol. The van der Waals surface area contributed by atoms with Crippen LogP contribution in [-0.4, -0.2) is 24.0 Å². The van der Waals surface area contributed by atoms with E-state index in [9.17, 15) is 9.59 Å². The van der Waals surface area contributed by atoms with Crippen molar-refractivity contribution < 1.29 is 14.3 Å². The van der Waals surface area contributed by atoms with Crippen LogP contribution in [0.1, 0.15) is 58.3 Å². The van der Waals surface area contributed by atoms with Crippen molar-refractivity contribution >= 4 is 45.5 Å². The van der Waals surface area contributed by atoms with Gasteiger partial charge < -0.3 is 15.8 Å². The summed E-state index contributed by atoms with van der Waals surface area (Å²) in [5, 5.41) is 6.40. The lowest BCUT2D eigenvalue weighted by Gasteiger charge is -2.33. The van der Waals surface area contributed by atoms with Gasteiger partial charge in [-0.3, -0.25) is 14.9 Å². The van der Waals surface area contributed by atoms with E-state index in [1.54, 1.807) is 31.4 Å². The Hall–Kier alpha value is -2.45. The Morgan fingerprint density at radius 3 is 2.47 bits per heavy atom. The van der Waals surface area contributed by atoms with Gasteiger partial charge in [0.05, 0.1) is 12.7 Å². The molecule has 6 nitrogen and oxygen atoms in total. The van der Waals surface area contributed by atoms with Crippen molar-refractivity contribution in [2.45, 2.75) is 40.0 Å². The number of methoxy groups -OCH3 is 1. The molecule has 3 rings (SSSR count). The number of nitrogens with two attached hydrogens (primary N) is 1. The first kappa shape index (κ1) is 22.2. The minimum atomic E-state index is -0.478. The topological polar surface area (TPSA) is 93.4 Å². The van der Waals surface area contributed by atoms with Crippen LogP contribution in [0.3, 0.4) is 0 Å². The maximum Gasteiger partial charge on any atom is 0.257 e. The first-order valence-electron chi connectivity index (χ1n) is 9.81. The molecule has 0 unspecified atom stereocenters. The lowest BCUT2D eigenvalue weighted by Crippen LogP contribution is -2.34. The molecule has 0 aliphatic heterocycles. The molecule has 2 aromatic rings. The quantitative estimate of drug-likeness (QED) is 0.615. The van der Waals surface area contributed by atoms with E-state index in [1.165, 1.54) is 16.2 Å². The molecule has 0 fully saturated rings. The average Bonchev–Trinajstić information content (AvgIpc) is 3.04. The lowest BCUT2D eigenvalue weighted by molar-refractivity contribution is 0.0975. The van der Waals surface area contributed by atoms with Crippen molar-refractivity contribution in [3.63, 3.8) is 0 Å². The number of hydrogen-bond acceptors (Lipinski definition) is 5. The molecule has 160 valence electrons. The Balaban J connectivity index is 1.75. The molecule has 1 aromatic heterocycles. The Morgan fingerprint density at radius 1 is 1.23 bits per heavy atom. The van der Waals surface area contributed by atoms with E-state index in [0.29, 0.717) is 27.8 Å². The number of amides is 2. The zero-order chi connectivity index (χ0) is 22.1. The van der Waals surface area contributed by atoms with Crippen LogP contribution < -0.4 is 21.1 Å². The molecule has 0 radical (unpaired) electrons. The molecule has 1 aliphatic rings. The summed E-state index contributed by atoms with van der Waals surface area (Å²) in [5.41, 5.74) is 7.84. The Kier molecular flexibility index (Phi) is 6.47. The molecule has 0 spiro atoms. The van der Waals surface area contributed by atoms with Gasteiger partial charge in [0.25, 0.3) is 11.8 Å². The number of carbonyl (C=O) groups excluding carboxylic acids is 2. The predicted octanol–water partition coefficient (Wildman–Crippen LogP) is 4.13. The molecular formula is C22H27N3O3S2. The number of thiocarbonyl (C=S) groups is 1. The van der Waals surface area contributed by atoms with Gasteiger partial charge in [-0.15, -0.1) is 11.3 Å². The monoisotopic (exact) mass is 445 g/mol. The van der Waals surface area contributed by atoms with Crippen LogP contribution in [0.15, 0.2) is 24.3 Å². The highest BCUT2D eigenvalue weighted by atomic mass is 32.1. The molecule has 1 heterocycles. The summed E-state index contributed by atoms with van der Waals surface area (Å²) in [6, 6.07) is 6.72. The van der Waals surface area contributed by atoms with Crippen molar-refractivity contribution in [3.8, 4) is 5.75 Å². The summed E-state index contributed by atoms with van der Waals surface area (Å²) in [6.45, 7) is 6.73. The lowest BCUT2D eigenvalue weighted by atomic mass is 9.72. The van der Waals surface area contributed by atoms with Gasteiger partial charge in [0, 0.05) is 10.4 Å². The third-order valence-corrected chi connectivity index (χ3v) is 6.92. The molecule has 30 heavy (non-hydrogen) atoms. The SMILES string of the molecule is COc1ccc(C(=O)NC(=S)Nc2sc3c(c2C(N)=O)CC[C@@H](C(C)(C)C)C3)cc1. The molecule has 1 aromatic carbocycles. The minimum absolute atomic E-state index is 0.129. The molecule has 0 saturated carbocycles. The third kappa shape index (κ3) is 4.82. The summed E-state index contributed by atoms with van der Waals surface area (Å²) in [7, 11) is 1.56. The van der Waals surface area contributed by atoms with Crippen LogP contribution >= 0.6 is 23.6 Å². The number of carbonyl (C=O) groups is 2. The Labute approximate surface area is 186 Å². The van der Waals surface area contributed by atoms with E-state index in [4.69, 9.17) is 22.7 Å². The number of hydrogen-bond donors (Lipinski definition) is 3. The number of primary amides is 1. The van der Waals surface area contributed by atoms with Crippen LogP contribution in [0.2, 0.25) is 0 Å². The van der Waals surface area contributed by atoms with Crippen molar-refractivity contribution in [1.29, 1.82) is 0 Å². The van der Waals surface area contributed by atoms with E-state index in [0.717, 1.165) is 24.8 Å². The van der Waals surface area contributed by atoms with Crippen molar-refractivity contribution in [1.82, 2.24) is 5.32 Å². The number of ether oxygens (including phenoxy) is 1. The highest BCUT2D eigenvalue weighted by molar-refractivity contribution is 7.80. The van der Waals surface area contributed by atoms with Crippen LogP contribution in [0.5, 0.6) is 5.75 Å². The Morgan fingerprint density at radius 2 is 1.90 bits per heavy atom. The zero-order valence-corrected chi connectivity index (χ0v) is 19.3. The van der Waals surface area contributed by atoms with Gasteiger partial charge in [0.1, 0.15) is 10.8 Å². The summed E-state index contributed by atoms with van der Waals surface area (Å²) in [5.74, 6) is 0.383. The number of thiophene rings is 1. The smallest absolute Gasteiger partial charge is 0.257 e. The maximum atomic E-state index is 12.4. The van der Waals surface area contributed by atoms with Gasteiger partial charge >= 0.3 is 0 Å². The van der Waals surface area contributed by atoms with Crippen molar-refractivity contribution in [2.24, 2.45) is 17.1 Å². The molecule has 4 N–H and O–H groups in total. The summed E-state index contributed by atoms with van der Waals surface area (Å²) >= 11 is 6.82. The van der Waals surface area contributed by atoms with Crippen LogP contribution in [0.4, 0.5) is 5.00 Å². The van der Waals surface area contributed by atoms with Gasteiger partial charge in [-0.25, -0.2) is 0 Å². The van der Waals surface area contributed by atoms with E-state index < -0.39 is 5.91 Å². The standard InChI is InChI=1S/C22H27N3O3S2/c1-22(2,3)13-7-10-15-16(11-13)30-20(17(15)18(23)26)25-21(29)24-19(27)12-5-8-14(28-4)9-6-12/h5-6,8-9,13H,7,10-11H2,1-4H3,(H2,23,26)(H2,24,25,27,29)/t13-/m1/s1. The molecule has 8 heteroatoms. The summed E-state index contributed by atoms with van der Waals surface area (Å²) < 4.78 is 5.10. The van der Waals surface area contributed by atoms with Crippen LogP contribution in [0, 0.1) is 11.3 Å². The largest absolute Gasteiger partial charge is 0.497 e. The number of rotatable bonds is 4. The Bertz CT molecular complexity index is 975. The number of benzene rings is 1. The second-order valence-corrected chi connectivity index (χ2v) is 10.0.